The average Bonchev–Trinajstić information content (AvgIpc) is 3.27. The predicted molar refractivity (Wildman–Crippen MR) is 169 cm³/mol. The van der Waals surface area contributed by atoms with E-state index >= 15 is 4.57 Å². The summed E-state index contributed by atoms with van der Waals surface area (Å²) in [7, 11) is -3.36. The molecule has 0 amide bonds. The molecule has 1 aliphatic rings. The number of phenols is 1. The summed E-state index contributed by atoms with van der Waals surface area (Å²) in [5, 5.41) is 11.5. The van der Waals surface area contributed by atoms with Crippen LogP contribution in [-0.4, -0.2) is 18.2 Å². The lowest BCUT2D eigenvalue weighted by atomic mass is 9.78. The zero-order valence-corrected chi connectivity index (χ0v) is 25.4. The van der Waals surface area contributed by atoms with Gasteiger partial charge in [0.25, 0.3) is 7.44 Å². The molecule has 0 radical (unpaired) electrons. The molecule has 5 rings (SSSR count). The number of nitrogens with zero attached hydrogens (tertiary/aromatic N) is 2. The van der Waals surface area contributed by atoms with Gasteiger partial charge in [0.1, 0.15) is 5.75 Å². The summed E-state index contributed by atoms with van der Waals surface area (Å²) in [5.74, 6) is 0.333. The van der Waals surface area contributed by atoms with Crippen molar-refractivity contribution in [2.75, 3.05) is 22.4 Å². The minimum atomic E-state index is -3.36. The Balaban J connectivity index is 1.85. The van der Waals surface area contributed by atoms with Crippen LogP contribution in [0.4, 0.5) is 11.4 Å². The Labute approximate surface area is 239 Å². The Kier molecular flexibility index (Phi) is 7.35. The van der Waals surface area contributed by atoms with Crippen LogP contribution in [0.3, 0.4) is 0 Å². The van der Waals surface area contributed by atoms with Gasteiger partial charge in [-0.15, -0.1) is 0 Å². The van der Waals surface area contributed by atoms with Crippen LogP contribution >= 0.6 is 7.44 Å². The molecule has 0 aromatic heterocycles. The monoisotopic (exact) mass is 552 g/mol. The third-order valence-electron chi connectivity index (χ3n) is 7.84. The fourth-order valence-electron chi connectivity index (χ4n) is 5.85. The number of hydrogen-bond acceptors (Lipinski definition) is 2. The molecule has 5 heteroatoms. The molecule has 1 aliphatic heterocycles. The van der Waals surface area contributed by atoms with Crippen molar-refractivity contribution in [3.05, 3.63) is 125 Å². The molecule has 0 saturated carbocycles. The molecule has 1 heterocycles. The van der Waals surface area contributed by atoms with Crippen molar-refractivity contribution >= 4 is 18.8 Å². The number of anilines is 2. The van der Waals surface area contributed by atoms with E-state index in [9.17, 15) is 5.11 Å². The van der Waals surface area contributed by atoms with Gasteiger partial charge in [-0.2, -0.15) is 0 Å². The summed E-state index contributed by atoms with van der Waals surface area (Å²) < 4.78 is 20.4. The van der Waals surface area contributed by atoms with Gasteiger partial charge in [0, 0.05) is 24.5 Å². The normalized spacial score (nSPS) is 16.2. The molecule has 0 spiro atoms. The van der Waals surface area contributed by atoms with Gasteiger partial charge in [-0.25, -0.2) is 0 Å². The maximum absolute atomic E-state index is 16.2. The van der Waals surface area contributed by atoms with E-state index in [1.165, 1.54) is 0 Å². The van der Waals surface area contributed by atoms with Gasteiger partial charge in [-0.1, -0.05) is 120 Å². The van der Waals surface area contributed by atoms with E-state index in [0.717, 1.165) is 33.6 Å². The second-order valence-corrected chi connectivity index (χ2v) is 15.4. The zero-order valence-electron chi connectivity index (χ0n) is 24.5. The predicted octanol–water partition coefficient (Wildman–Crippen LogP) is 9.30. The van der Waals surface area contributed by atoms with Crippen molar-refractivity contribution in [3.8, 4) is 5.75 Å². The van der Waals surface area contributed by atoms with Crippen LogP contribution in [-0.2, 0) is 15.4 Å². The molecule has 1 saturated heterocycles. The second kappa shape index (κ2) is 10.5. The fourth-order valence-corrected chi connectivity index (χ4v) is 9.45. The fraction of sp³-hybridized carbons (Fsp3) is 0.314. The first-order valence-electron chi connectivity index (χ1n) is 14.1. The largest absolute Gasteiger partial charge is 0.507 e. The van der Waals surface area contributed by atoms with Crippen LogP contribution < -0.4 is 9.34 Å². The first-order chi connectivity index (χ1) is 18.9. The lowest BCUT2D eigenvalue weighted by Gasteiger charge is -2.39. The number of aromatic hydroxyl groups is 1. The molecule has 0 aliphatic carbocycles. The van der Waals surface area contributed by atoms with Gasteiger partial charge in [0.15, 0.2) is 0 Å². The van der Waals surface area contributed by atoms with Crippen LogP contribution in [0.1, 0.15) is 69.5 Å². The minimum absolute atomic E-state index is 0.302. The first kappa shape index (κ1) is 28.1. The molecule has 1 atom stereocenters. The van der Waals surface area contributed by atoms with E-state index in [1.807, 2.05) is 54.6 Å². The number of para-hydroxylation sites is 2. The molecular weight excluding hydrogens is 511 g/mol. The van der Waals surface area contributed by atoms with Crippen LogP contribution in [0.5, 0.6) is 5.75 Å². The van der Waals surface area contributed by atoms with Crippen molar-refractivity contribution in [1.82, 2.24) is 0 Å². The number of hydrogen-bond donors (Lipinski definition) is 1. The molecule has 0 bridgehead atoms. The number of phenolic OH excluding ortho intramolecular Hbond substituents is 1. The molecule has 1 N–H and O–H groups in total. The van der Waals surface area contributed by atoms with E-state index in [-0.39, 0.29) is 10.8 Å². The standard InChI is InChI=1S/C35H41N2O2P/c1-34(2,3)30-24-27(25-31(32(30)38)35(4,5)6)33(26-16-10-7-11-17-26)40(39)36(28-18-12-8-13-19-28)22-23-37(40)29-20-14-9-15-21-29/h7-21,24-25,33,38H,22-23H2,1-6H3. The Morgan fingerprint density at radius 3 is 1.38 bits per heavy atom. The maximum atomic E-state index is 16.2. The van der Waals surface area contributed by atoms with Gasteiger partial charge >= 0.3 is 0 Å². The average molecular weight is 553 g/mol. The zero-order chi connectivity index (χ0) is 28.7. The number of rotatable bonds is 5. The van der Waals surface area contributed by atoms with Crippen LogP contribution in [0.15, 0.2) is 103 Å². The molecule has 40 heavy (non-hydrogen) atoms. The SMILES string of the molecule is CC(C)(C)c1cc(C(c2ccccc2)P2(=O)N(c3ccccc3)CCN2c2ccccc2)cc(C(C)(C)C)c1O. The Hall–Kier alpha value is -3.49. The quantitative estimate of drug-likeness (QED) is 0.251. The molecule has 1 fully saturated rings. The van der Waals surface area contributed by atoms with Crippen molar-refractivity contribution in [1.29, 1.82) is 0 Å². The van der Waals surface area contributed by atoms with Crippen molar-refractivity contribution in [3.63, 3.8) is 0 Å². The molecule has 4 nitrogen and oxygen atoms in total. The minimum Gasteiger partial charge on any atom is -0.507 e. The highest BCUT2D eigenvalue weighted by atomic mass is 31.2. The van der Waals surface area contributed by atoms with Gasteiger partial charge in [0.2, 0.25) is 0 Å². The summed E-state index contributed by atoms with van der Waals surface area (Å²) in [6.45, 7) is 14.0. The summed E-state index contributed by atoms with van der Waals surface area (Å²) in [4.78, 5) is 0. The van der Waals surface area contributed by atoms with Gasteiger partial charge in [-0.3, -0.25) is 4.57 Å². The first-order valence-corrected chi connectivity index (χ1v) is 15.8. The maximum Gasteiger partial charge on any atom is 0.274 e. The smallest absolute Gasteiger partial charge is 0.274 e. The van der Waals surface area contributed by atoms with E-state index < -0.39 is 13.1 Å². The lowest BCUT2D eigenvalue weighted by Crippen LogP contribution is -2.26. The van der Waals surface area contributed by atoms with Crippen LogP contribution in [0.25, 0.3) is 0 Å². The second-order valence-electron chi connectivity index (χ2n) is 12.8. The van der Waals surface area contributed by atoms with Crippen LogP contribution in [0, 0.1) is 0 Å². The molecular formula is C35H41N2O2P. The summed E-state index contributed by atoms with van der Waals surface area (Å²) >= 11 is 0. The Bertz CT molecular complexity index is 1420. The van der Waals surface area contributed by atoms with Gasteiger partial charge < -0.3 is 14.4 Å². The molecule has 1 unspecified atom stereocenters. The van der Waals surface area contributed by atoms with Gasteiger partial charge in [-0.05, 0) is 57.3 Å². The highest BCUT2D eigenvalue weighted by Crippen LogP contribution is 2.71. The van der Waals surface area contributed by atoms with Crippen molar-refractivity contribution in [2.45, 2.75) is 58.0 Å². The Morgan fingerprint density at radius 2 is 1.00 bits per heavy atom. The van der Waals surface area contributed by atoms with Crippen molar-refractivity contribution < 1.29 is 9.67 Å². The van der Waals surface area contributed by atoms with E-state index in [2.05, 4.69) is 99.4 Å². The Morgan fingerprint density at radius 1 is 0.625 bits per heavy atom. The highest BCUT2D eigenvalue weighted by Gasteiger charge is 2.51. The summed E-state index contributed by atoms with van der Waals surface area (Å²) in [6, 6.07) is 34.7. The number of benzene rings is 4. The van der Waals surface area contributed by atoms with Crippen molar-refractivity contribution in [2.24, 2.45) is 0 Å². The third-order valence-corrected chi connectivity index (χ3v) is 11.4. The summed E-state index contributed by atoms with van der Waals surface area (Å²) in [6.07, 6.45) is 0. The van der Waals surface area contributed by atoms with Crippen LogP contribution in [0.2, 0.25) is 0 Å². The molecule has 208 valence electrons. The van der Waals surface area contributed by atoms with Gasteiger partial charge in [0.05, 0.1) is 5.66 Å². The molecule has 4 aromatic carbocycles. The molecule has 4 aromatic rings. The van der Waals surface area contributed by atoms with E-state index in [0.29, 0.717) is 18.8 Å². The van der Waals surface area contributed by atoms with E-state index in [4.69, 9.17) is 0 Å². The summed E-state index contributed by atoms with van der Waals surface area (Å²) in [5.41, 5.74) is 4.57. The highest BCUT2D eigenvalue weighted by molar-refractivity contribution is 7.68. The third kappa shape index (κ3) is 5.06. The topological polar surface area (TPSA) is 43.8 Å². The van der Waals surface area contributed by atoms with E-state index in [1.54, 1.807) is 0 Å². The lowest BCUT2D eigenvalue weighted by molar-refractivity contribution is 0.422.